The minimum atomic E-state index is 0.789. The molecule has 5 heteroatoms. The Labute approximate surface area is 111 Å². The molecule has 0 radical (unpaired) electrons. The zero-order valence-corrected chi connectivity index (χ0v) is 10.6. The molecule has 5 nitrogen and oxygen atoms in total. The summed E-state index contributed by atoms with van der Waals surface area (Å²) < 4.78 is 5.14. The summed E-state index contributed by atoms with van der Waals surface area (Å²) in [7, 11) is 1.66. The van der Waals surface area contributed by atoms with E-state index in [2.05, 4.69) is 20.3 Å². The van der Waals surface area contributed by atoms with Crippen LogP contribution in [0.5, 0.6) is 5.75 Å². The summed E-state index contributed by atoms with van der Waals surface area (Å²) in [6.45, 7) is 0.789. The Morgan fingerprint density at radius 1 is 1.16 bits per heavy atom. The topological polar surface area (TPSA) is 59.4 Å². The van der Waals surface area contributed by atoms with Gasteiger partial charge in [-0.2, -0.15) is 0 Å². The van der Waals surface area contributed by atoms with Gasteiger partial charge < -0.3 is 10.1 Å². The van der Waals surface area contributed by atoms with Crippen LogP contribution in [0.2, 0.25) is 0 Å². The summed E-state index contributed by atoms with van der Waals surface area (Å²) in [6.07, 6.45) is 4.23. The van der Waals surface area contributed by atoms with Gasteiger partial charge in [-0.1, -0.05) is 0 Å². The van der Waals surface area contributed by atoms with Crippen molar-refractivity contribution in [3.8, 4) is 5.75 Å². The van der Waals surface area contributed by atoms with E-state index in [4.69, 9.17) is 4.74 Å². The Bertz CT molecular complexity index is 607. The second kappa shape index (κ2) is 5.06. The van der Waals surface area contributed by atoms with Gasteiger partial charge in [0.2, 0.25) is 0 Å². The predicted molar refractivity (Wildman–Crippen MR) is 74.5 cm³/mol. The number of aliphatic imine (C=N–C) groups is 1. The lowest BCUT2D eigenvalue weighted by molar-refractivity contribution is 0.415. The third kappa shape index (κ3) is 2.40. The first-order chi connectivity index (χ1) is 9.36. The van der Waals surface area contributed by atoms with Gasteiger partial charge in [-0.05, 0) is 30.7 Å². The number of aromatic nitrogens is 2. The first-order valence-corrected chi connectivity index (χ1v) is 6.11. The van der Waals surface area contributed by atoms with Crippen LogP contribution < -0.4 is 10.1 Å². The molecule has 1 aliphatic rings. The summed E-state index contributed by atoms with van der Waals surface area (Å²) in [5.41, 5.74) is 3.00. The Balaban J connectivity index is 1.88. The van der Waals surface area contributed by atoms with Crippen molar-refractivity contribution in [2.24, 2.45) is 4.99 Å². The molecule has 0 unspecified atom stereocenters. The highest BCUT2D eigenvalue weighted by Gasteiger charge is 2.12. The maximum Gasteiger partial charge on any atom is 0.137 e. The molecule has 0 atom stereocenters. The maximum absolute atomic E-state index is 5.14. The molecule has 1 N–H and O–H groups in total. The number of benzene rings is 1. The first kappa shape index (κ1) is 11.6. The number of ether oxygens (including phenoxy) is 1. The first-order valence-electron chi connectivity index (χ1n) is 6.11. The Morgan fingerprint density at radius 3 is 2.79 bits per heavy atom. The Kier molecular flexibility index (Phi) is 3.10. The van der Waals surface area contributed by atoms with Gasteiger partial charge in [0.25, 0.3) is 0 Å². The lowest BCUT2D eigenvalue weighted by Gasteiger charge is -2.14. The fourth-order valence-corrected chi connectivity index (χ4v) is 2.03. The van der Waals surface area contributed by atoms with Gasteiger partial charge >= 0.3 is 0 Å². The number of nitrogens with zero attached hydrogens (tertiary/aromatic N) is 3. The number of fused-ring (bicyclic) bond motifs is 1. The number of nitrogens with one attached hydrogen (secondary N) is 1. The zero-order valence-electron chi connectivity index (χ0n) is 10.6. The smallest absolute Gasteiger partial charge is 0.137 e. The lowest BCUT2D eigenvalue weighted by Crippen LogP contribution is -2.10. The molecule has 0 spiro atoms. The molecular formula is C14H14N4O. The van der Waals surface area contributed by atoms with Crippen LogP contribution >= 0.6 is 0 Å². The van der Waals surface area contributed by atoms with Crippen LogP contribution in [0.3, 0.4) is 0 Å². The molecular weight excluding hydrogens is 240 g/mol. The van der Waals surface area contributed by atoms with Crippen LogP contribution in [-0.4, -0.2) is 29.8 Å². The second-order valence-corrected chi connectivity index (χ2v) is 4.22. The van der Waals surface area contributed by atoms with E-state index in [1.54, 1.807) is 19.7 Å². The highest BCUT2D eigenvalue weighted by atomic mass is 16.5. The third-order valence-electron chi connectivity index (χ3n) is 3.04. The number of hydrogen-bond donors (Lipinski definition) is 1. The van der Waals surface area contributed by atoms with Gasteiger partial charge in [0.15, 0.2) is 0 Å². The van der Waals surface area contributed by atoms with E-state index in [1.165, 1.54) is 0 Å². The zero-order chi connectivity index (χ0) is 13.1. The molecule has 0 saturated carbocycles. The monoisotopic (exact) mass is 254 g/mol. The fourth-order valence-electron chi connectivity index (χ4n) is 2.03. The summed E-state index contributed by atoms with van der Waals surface area (Å²) in [5.74, 6) is 1.68. The van der Waals surface area contributed by atoms with Gasteiger partial charge in [-0.3, -0.25) is 4.99 Å². The molecule has 96 valence electrons. The number of methoxy groups -OCH3 is 1. The van der Waals surface area contributed by atoms with Gasteiger partial charge in [0, 0.05) is 24.0 Å². The quantitative estimate of drug-likeness (QED) is 0.912. The maximum atomic E-state index is 5.14. The van der Waals surface area contributed by atoms with E-state index in [-0.39, 0.29) is 0 Å². The standard InChI is InChI=1S/C14H14N4O/c1-19-11-4-2-10(3-5-11)18-14-12-6-7-15-8-13(12)16-9-17-14/h2-5,8-9H,6-7H2,1H3,(H,16,17,18). The van der Waals surface area contributed by atoms with E-state index < -0.39 is 0 Å². The van der Waals surface area contributed by atoms with Crippen molar-refractivity contribution in [3.63, 3.8) is 0 Å². The van der Waals surface area contributed by atoms with Crippen molar-refractivity contribution in [2.75, 3.05) is 19.0 Å². The summed E-state index contributed by atoms with van der Waals surface area (Å²) in [6, 6.07) is 7.75. The van der Waals surface area contributed by atoms with Crippen molar-refractivity contribution < 1.29 is 4.74 Å². The van der Waals surface area contributed by atoms with Gasteiger partial charge in [0.05, 0.1) is 12.8 Å². The molecule has 0 aliphatic carbocycles. The number of hydrogen-bond acceptors (Lipinski definition) is 5. The van der Waals surface area contributed by atoms with E-state index in [1.807, 2.05) is 24.3 Å². The van der Waals surface area contributed by atoms with Gasteiger partial charge in [0.1, 0.15) is 17.9 Å². The molecule has 1 aromatic heterocycles. The molecule has 3 rings (SSSR count). The van der Waals surface area contributed by atoms with E-state index in [0.29, 0.717) is 0 Å². The molecule has 2 heterocycles. The molecule has 1 aliphatic heterocycles. The van der Waals surface area contributed by atoms with Crippen molar-refractivity contribution in [2.45, 2.75) is 6.42 Å². The minimum Gasteiger partial charge on any atom is -0.497 e. The normalized spacial score (nSPS) is 12.9. The van der Waals surface area contributed by atoms with E-state index in [0.717, 1.165) is 41.5 Å². The fraction of sp³-hybridized carbons (Fsp3) is 0.214. The van der Waals surface area contributed by atoms with Crippen molar-refractivity contribution in [3.05, 3.63) is 41.9 Å². The highest BCUT2D eigenvalue weighted by molar-refractivity contribution is 5.83. The summed E-state index contributed by atoms with van der Waals surface area (Å²) in [5, 5.41) is 3.32. The molecule has 0 amide bonds. The number of rotatable bonds is 3. The van der Waals surface area contributed by atoms with E-state index >= 15 is 0 Å². The lowest BCUT2D eigenvalue weighted by atomic mass is 10.1. The average Bonchev–Trinajstić information content (AvgIpc) is 2.48. The Hall–Kier alpha value is -2.43. The van der Waals surface area contributed by atoms with Crippen LogP contribution in [0.4, 0.5) is 11.5 Å². The van der Waals surface area contributed by atoms with Crippen molar-refractivity contribution in [1.82, 2.24) is 9.97 Å². The van der Waals surface area contributed by atoms with Gasteiger partial charge in [-0.25, -0.2) is 9.97 Å². The highest BCUT2D eigenvalue weighted by Crippen LogP contribution is 2.23. The Morgan fingerprint density at radius 2 is 2.00 bits per heavy atom. The van der Waals surface area contributed by atoms with Crippen LogP contribution in [0.25, 0.3) is 0 Å². The number of anilines is 2. The van der Waals surface area contributed by atoms with Crippen LogP contribution in [-0.2, 0) is 6.42 Å². The SMILES string of the molecule is COc1ccc(Nc2ncnc3c2CCN=C3)cc1. The largest absolute Gasteiger partial charge is 0.497 e. The molecule has 19 heavy (non-hydrogen) atoms. The summed E-state index contributed by atoms with van der Waals surface area (Å²) >= 11 is 0. The van der Waals surface area contributed by atoms with E-state index in [9.17, 15) is 0 Å². The van der Waals surface area contributed by atoms with Crippen molar-refractivity contribution in [1.29, 1.82) is 0 Å². The predicted octanol–water partition coefficient (Wildman–Crippen LogP) is 2.20. The molecule has 1 aromatic carbocycles. The van der Waals surface area contributed by atoms with Crippen LogP contribution in [0.15, 0.2) is 35.6 Å². The molecule has 0 bridgehead atoms. The minimum absolute atomic E-state index is 0.789. The van der Waals surface area contributed by atoms with Crippen LogP contribution in [0.1, 0.15) is 11.3 Å². The van der Waals surface area contributed by atoms with Crippen LogP contribution in [0, 0.1) is 0 Å². The average molecular weight is 254 g/mol. The summed E-state index contributed by atoms with van der Waals surface area (Å²) in [4.78, 5) is 12.8. The molecule has 0 saturated heterocycles. The second-order valence-electron chi connectivity index (χ2n) is 4.22. The molecule has 2 aromatic rings. The molecule has 0 fully saturated rings. The third-order valence-corrected chi connectivity index (χ3v) is 3.04. The van der Waals surface area contributed by atoms with Gasteiger partial charge in [-0.15, -0.1) is 0 Å². The van der Waals surface area contributed by atoms with Crippen molar-refractivity contribution >= 4 is 17.7 Å².